The summed E-state index contributed by atoms with van der Waals surface area (Å²) in [6.45, 7) is 0.630. The van der Waals surface area contributed by atoms with Crippen molar-refractivity contribution < 1.29 is 4.79 Å². The predicted octanol–water partition coefficient (Wildman–Crippen LogP) is 2.86. The first kappa shape index (κ1) is 11.7. The van der Waals surface area contributed by atoms with Gasteiger partial charge in [-0.1, -0.05) is 17.7 Å². The molecule has 4 nitrogen and oxygen atoms in total. The fourth-order valence-electron chi connectivity index (χ4n) is 1.91. The highest BCUT2D eigenvalue weighted by molar-refractivity contribution is 6.30. The standard InChI is InChI=1S/C12H12ClN3O/c13-9-3-1-4-10(7-9)15-12(17)16-6-2-5-11(16)8-14/h1,3-4,7,11H,2,5-6H2,(H,15,17). The molecule has 1 saturated heterocycles. The van der Waals surface area contributed by atoms with E-state index >= 15 is 0 Å². The molecule has 0 spiro atoms. The van der Waals surface area contributed by atoms with E-state index in [2.05, 4.69) is 11.4 Å². The number of anilines is 1. The number of urea groups is 1. The number of rotatable bonds is 1. The summed E-state index contributed by atoms with van der Waals surface area (Å²) in [5, 5.41) is 12.2. The van der Waals surface area contributed by atoms with Crippen molar-refractivity contribution in [2.75, 3.05) is 11.9 Å². The van der Waals surface area contributed by atoms with E-state index in [0.717, 1.165) is 12.8 Å². The molecule has 88 valence electrons. The molecule has 0 radical (unpaired) electrons. The third kappa shape index (κ3) is 2.69. The van der Waals surface area contributed by atoms with E-state index in [9.17, 15) is 4.79 Å². The highest BCUT2D eigenvalue weighted by Gasteiger charge is 2.28. The van der Waals surface area contributed by atoms with E-state index in [1.165, 1.54) is 0 Å². The zero-order chi connectivity index (χ0) is 12.3. The van der Waals surface area contributed by atoms with Gasteiger partial charge in [0.2, 0.25) is 0 Å². The van der Waals surface area contributed by atoms with Crippen molar-refractivity contribution in [3.8, 4) is 6.07 Å². The second kappa shape index (κ2) is 5.07. The summed E-state index contributed by atoms with van der Waals surface area (Å²) in [5.74, 6) is 0. The average Bonchev–Trinajstić information content (AvgIpc) is 2.77. The van der Waals surface area contributed by atoms with Gasteiger partial charge in [-0.3, -0.25) is 0 Å². The van der Waals surface area contributed by atoms with Gasteiger partial charge in [0.25, 0.3) is 0 Å². The van der Waals surface area contributed by atoms with E-state index in [1.54, 1.807) is 29.2 Å². The van der Waals surface area contributed by atoms with Crippen LogP contribution in [0.25, 0.3) is 0 Å². The molecule has 0 aliphatic carbocycles. The van der Waals surface area contributed by atoms with Gasteiger partial charge in [-0.2, -0.15) is 5.26 Å². The molecule has 0 aromatic heterocycles. The fraction of sp³-hybridized carbons (Fsp3) is 0.333. The van der Waals surface area contributed by atoms with Gasteiger partial charge in [0.05, 0.1) is 6.07 Å². The number of hydrogen-bond acceptors (Lipinski definition) is 2. The van der Waals surface area contributed by atoms with Gasteiger partial charge >= 0.3 is 6.03 Å². The molecule has 2 rings (SSSR count). The fourth-order valence-corrected chi connectivity index (χ4v) is 2.10. The van der Waals surface area contributed by atoms with Gasteiger partial charge in [0, 0.05) is 17.3 Å². The normalized spacial score (nSPS) is 18.8. The SMILES string of the molecule is N#CC1CCCN1C(=O)Nc1cccc(Cl)c1. The molecule has 0 saturated carbocycles. The summed E-state index contributed by atoms with van der Waals surface area (Å²) < 4.78 is 0. The number of carbonyl (C=O) groups excluding carboxylic acids is 1. The Bertz CT molecular complexity index is 469. The molecule has 1 aromatic carbocycles. The van der Waals surface area contributed by atoms with Crippen LogP contribution in [0.1, 0.15) is 12.8 Å². The molecular weight excluding hydrogens is 238 g/mol. The van der Waals surface area contributed by atoms with Crippen molar-refractivity contribution in [2.45, 2.75) is 18.9 Å². The minimum atomic E-state index is -0.311. The van der Waals surface area contributed by atoms with Crippen molar-refractivity contribution in [1.82, 2.24) is 4.90 Å². The number of hydrogen-bond donors (Lipinski definition) is 1. The monoisotopic (exact) mass is 249 g/mol. The van der Waals surface area contributed by atoms with Crippen molar-refractivity contribution in [2.24, 2.45) is 0 Å². The molecule has 1 aliphatic rings. The van der Waals surface area contributed by atoms with E-state index in [1.807, 2.05) is 0 Å². The molecule has 17 heavy (non-hydrogen) atoms. The first-order valence-electron chi connectivity index (χ1n) is 5.43. The van der Waals surface area contributed by atoms with Crippen LogP contribution < -0.4 is 5.32 Å². The molecular formula is C12H12ClN3O. The number of nitriles is 1. The molecule has 0 bridgehead atoms. The summed E-state index contributed by atoms with van der Waals surface area (Å²) in [7, 11) is 0. The Balaban J connectivity index is 2.04. The predicted molar refractivity (Wildman–Crippen MR) is 65.8 cm³/mol. The lowest BCUT2D eigenvalue weighted by Crippen LogP contribution is -2.37. The van der Waals surface area contributed by atoms with Gasteiger partial charge in [-0.05, 0) is 31.0 Å². The zero-order valence-corrected chi connectivity index (χ0v) is 9.94. The molecule has 1 aliphatic heterocycles. The van der Waals surface area contributed by atoms with Crippen LogP contribution in [0.2, 0.25) is 5.02 Å². The maximum absolute atomic E-state index is 11.9. The topological polar surface area (TPSA) is 56.1 Å². The highest BCUT2D eigenvalue weighted by atomic mass is 35.5. The Morgan fingerprint density at radius 1 is 1.59 bits per heavy atom. The van der Waals surface area contributed by atoms with Crippen molar-refractivity contribution in [1.29, 1.82) is 5.26 Å². The van der Waals surface area contributed by atoms with Gasteiger partial charge < -0.3 is 10.2 Å². The first-order chi connectivity index (χ1) is 8.20. The quantitative estimate of drug-likeness (QED) is 0.832. The van der Waals surface area contributed by atoms with Crippen molar-refractivity contribution in [3.05, 3.63) is 29.3 Å². The Morgan fingerprint density at radius 2 is 2.41 bits per heavy atom. The van der Waals surface area contributed by atoms with Crippen molar-refractivity contribution >= 4 is 23.3 Å². The third-order valence-corrected chi connectivity index (χ3v) is 2.97. The number of nitrogens with zero attached hydrogens (tertiary/aromatic N) is 2. The lowest BCUT2D eigenvalue weighted by atomic mass is 10.2. The number of likely N-dealkylation sites (tertiary alicyclic amines) is 1. The summed E-state index contributed by atoms with van der Waals surface area (Å²) in [5.41, 5.74) is 0.645. The van der Waals surface area contributed by atoms with Crippen LogP contribution >= 0.6 is 11.6 Å². The molecule has 1 aromatic rings. The van der Waals surface area contributed by atoms with E-state index in [-0.39, 0.29) is 12.1 Å². The first-order valence-corrected chi connectivity index (χ1v) is 5.81. The number of halogens is 1. The lowest BCUT2D eigenvalue weighted by Gasteiger charge is -2.19. The maximum atomic E-state index is 11.9. The molecule has 1 unspecified atom stereocenters. The zero-order valence-electron chi connectivity index (χ0n) is 9.19. The van der Waals surface area contributed by atoms with Gasteiger partial charge in [-0.25, -0.2) is 4.79 Å². The average molecular weight is 250 g/mol. The second-order valence-corrected chi connectivity index (χ2v) is 4.36. The summed E-state index contributed by atoms with van der Waals surface area (Å²) in [6, 6.07) is 8.53. The van der Waals surface area contributed by atoms with Crippen molar-refractivity contribution in [3.63, 3.8) is 0 Å². The van der Waals surface area contributed by atoms with Gasteiger partial charge in [0.1, 0.15) is 6.04 Å². The molecule has 1 N–H and O–H groups in total. The summed E-state index contributed by atoms with van der Waals surface area (Å²) in [6.07, 6.45) is 1.63. The number of amides is 2. The molecule has 1 heterocycles. The number of nitrogens with one attached hydrogen (secondary N) is 1. The van der Waals surface area contributed by atoms with Crippen LogP contribution in [0.3, 0.4) is 0 Å². The minimum absolute atomic E-state index is 0.240. The van der Waals surface area contributed by atoms with Gasteiger partial charge in [0.15, 0.2) is 0 Å². The summed E-state index contributed by atoms with van der Waals surface area (Å²) in [4.78, 5) is 13.5. The third-order valence-electron chi connectivity index (χ3n) is 2.74. The minimum Gasteiger partial charge on any atom is -0.308 e. The van der Waals surface area contributed by atoms with Crippen LogP contribution in [0.15, 0.2) is 24.3 Å². The lowest BCUT2D eigenvalue weighted by molar-refractivity contribution is 0.215. The number of carbonyl (C=O) groups is 1. The largest absolute Gasteiger partial charge is 0.322 e. The van der Waals surface area contributed by atoms with Crippen LogP contribution in [0, 0.1) is 11.3 Å². The Kier molecular flexibility index (Phi) is 3.50. The van der Waals surface area contributed by atoms with Crippen LogP contribution in [0.4, 0.5) is 10.5 Å². The molecule has 1 atom stereocenters. The maximum Gasteiger partial charge on any atom is 0.322 e. The Morgan fingerprint density at radius 3 is 3.12 bits per heavy atom. The second-order valence-electron chi connectivity index (χ2n) is 3.92. The van der Waals surface area contributed by atoms with Crippen LogP contribution in [-0.2, 0) is 0 Å². The molecule has 5 heteroatoms. The smallest absolute Gasteiger partial charge is 0.308 e. The van der Waals surface area contributed by atoms with Crippen LogP contribution in [-0.4, -0.2) is 23.5 Å². The molecule has 2 amide bonds. The van der Waals surface area contributed by atoms with E-state index < -0.39 is 0 Å². The Hall–Kier alpha value is -1.73. The van der Waals surface area contributed by atoms with Crippen LogP contribution in [0.5, 0.6) is 0 Å². The Labute approximate surface area is 105 Å². The van der Waals surface area contributed by atoms with E-state index in [0.29, 0.717) is 17.3 Å². The highest BCUT2D eigenvalue weighted by Crippen LogP contribution is 2.19. The van der Waals surface area contributed by atoms with E-state index in [4.69, 9.17) is 16.9 Å². The summed E-state index contributed by atoms with van der Waals surface area (Å²) >= 11 is 5.83. The molecule has 1 fully saturated rings. The number of benzene rings is 1. The van der Waals surface area contributed by atoms with Gasteiger partial charge in [-0.15, -0.1) is 0 Å².